The quantitative estimate of drug-likeness (QED) is 0.612. The van der Waals surface area contributed by atoms with E-state index in [2.05, 4.69) is 34.3 Å². The molecule has 2 fully saturated rings. The number of nitrogens with one attached hydrogen (secondary N) is 1. The van der Waals surface area contributed by atoms with E-state index in [0.717, 1.165) is 69.8 Å². The van der Waals surface area contributed by atoms with Gasteiger partial charge in [-0.25, -0.2) is 13.6 Å². The number of aromatic nitrogens is 1. The maximum atomic E-state index is 11.3. The first-order valence-corrected chi connectivity index (χ1v) is 12.6. The van der Waals surface area contributed by atoms with Gasteiger partial charge in [-0.2, -0.15) is 0 Å². The summed E-state index contributed by atoms with van der Waals surface area (Å²) in [5.74, 6) is 0.0183. The van der Waals surface area contributed by atoms with E-state index in [1.165, 1.54) is 16.5 Å². The van der Waals surface area contributed by atoms with Gasteiger partial charge in [-0.15, -0.1) is 0 Å². The molecule has 0 bridgehead atoms. The van der Waals surface area contributed by atoms with E-state index in [-0.39, 0.29) is 5.75 Å². The van der Waals surface area contributed by atoms with E-state index in [0.29, 0.717) is 12.6 Å². The molecule has 160 valence electrons. The number of fused-ring (bicyclic) bond motifs is 1. The van der Waals surface area contributed by atoms with Crippen LogP contribution in [0.2, 0.25) is 0 Å². The van der Waals surface area contributed by atoms with Crippen LogP contribution in [0.15, 0.2) is 24.4 Å². The van der Waals surface area contributed by atoms with Crippen molar-refractivity contribution in [2.45, 2.75) is 69.4 Å². The number of rotatable bonds is 8. The molecule has 4 N–H and O–H groups in total. The van der Waals surface area contributed by atoms with Crippen molar-refractivity contribution in [3.05, 3.63) is 35.5 Å². The van der Waals surface area contributed by atoms with Gasteiger partial charge < -0.3 is 10.1 Å². The highest BCUT2D eigenvalue weighted by Crippen LogP contribution is 2.34. The van der Waals surface area contributed by atoms with E-state index in [1.54, 1.807) is 0 Å². The van der Waals surface area contributed by atoms with Crippen molar-refractivity contribution < 1.29 is 13.5 Å². The molecule has 2 aliphatic rings. The summed E-state index contributed by atoms with van der Waals surface area (Å²) >= 11 is 0. The fourth-order valence-corrected chi connectivity index (χ4v) is 5.62. The van der Waals surface area contributed by atoms with Gasteiger partial charge in [0.15, 0.2) is 0 Å². The monoisotopic (exact) mass is 419 g/mol. The minimum Gasteiger partial charge on any atom is -0.390 e. The maximum Gasteiger partial charge on any atom is 0.210 e. The molecule has 0 unspecified atom stereocenters. The number of aliphatic hydroxyl groups is 1. The minimum atomic E-state index is -3.42. The van der Waals surface area contributed by atoms with Gasteiger partial charge in [0, 0.05) is 29.7 Å². The van der Waals surface area contributed by atoms with Crippen LogP contribution < -0.4 is 5.14 Å². The van der Waals surface area contributed by atoms with Crippen molar-refractivity contribution in [2.75, 3.05) is 18.8 Å². The van der Waals surface area contributed by atoms with E-state index >= 15 is 0 Å². The zero-order valence-corrected chi connectivity index (χ0v) is 17.9. The van der Waals surface area contributed by atoms with Gasteiger partial charge in [0.2, 0.25) is 10.0 Å². The van der Waals surface area contributed by atoms with Crippen molar-refractivity contribution in [1.29, 1.82) is 0 Å². The molecule has 0 spiro atoms. The SMILES string of the molecule is NS(=O)(=O)CCN1CCC[C@@H]1Cc1c[nH]c2ccc(CCC3(O)CCCC3)cc12. The lowest BCUT2D eigenvalue weighted by Gasteiger charge is -2.24. The van der Waals surface area contributed by atoms with Crippen LogP contribution in [0, 0.1) is 0 Å². The Hall–Kier alpha value is -1.41. The number of nitrogens with zero attached hydrogens (tertiary/aromatic N) is 1. The largest absolute Gasteiger partial charge is 0.390 e. The number of primary sulfonamides is 1. The van der Waals surface area contributed by atoms with Gasteiger partial charge in [0.25, 0.3) is 0 Å². The second kappa shape index (κ2) is 8.38. The average molecular weight is 420 g/mol. The van der Waals surface area contributed by atoms with Gasteiger partial charge in [0.1, 0.15) is 0 Å². The highest BCUT2D eigenvalue weighted by Gasteiger charge is 2.30. The van der Waals surface area contributed by atoms with Gasteiger partial charge in [-0.05, 0) is 74.8 Å². The molecule has 29 heavy (non-hydrogen) atoms. The standard InChI is InChI=1S/C22H33N3O3S/c23-29(27,28)13-12-25-11-3-4-19(25)15-18-16-24-21-6-5-17(14-20(18)21)7-10-22(26)8-1-2-9-22/h5-6,14,16,19,24,26H,1-4,7-13,15H2,(H2,23,27,28)/t19-/m1/s1. The molecule has 2 aromatic rings. The molecule has 1 saturated carbocycles. The van der Waals surface area contributed by atoms with Crippen LogP contribution in [0.4, 0.5) is 0 Å². The predicted molar refractivity (Wildman–Crippen MR) is 116 cm³/mol. The maximum absolute atomic E-state index is 11.3. The zero-order valence-electron chi connectivity index (χ0n) is 17.1. The summed E-state index contributed by atoms with van der Waals surface area (Å²) in [7, 11) is -3.42. The summed E-state index contributed by atoms with van der Waals surface area (Å²) in [5.41, 5.74) is 3.23. The topological polar surface area (TPSA) is 99.4 Å². The summed E-state index contributed by atoms with van der Waals surface area (Å²) in [4.78, 5) is 5.65. The first-order chi connectivity index (χ1) is 13.8. The molecule has 1 aliphatic heterocycles. The molecule has 4 rings (SSSR count). The second-order valence-corrected chi connectivity index (χ2v) is 10.8. The first kappa shape index (κ1) is 20.8. The lowest BCUT2D eigenvalue weighted by molar-refractivity contribution is 0.0391. The van der Waals surface area contributed by atoms with Gasteiger partial charge in [0.05, 0.1) is 11.4 Å². The Labute approximate surface area is 173 Å². The smallest absolute Gasteiger partial charge is 0.210 e. The predicted octanol–water partition coefficient (Wildman–Crippen LogP) is 2.70. The highest BCUT2D eigenvalue weighted by atomic mass is 32.2. The fraction of sp³-hybridized carbons (Fsp3) is 0.636. The normalized spacial score (nSPS) is 22.6. The van der Waals surface area contributed by atoms with E-state index in [4.69, 9.17) is 5.14 Å². The molecule has 1 atom stereocenters. The van der Waals surface area contributed by atoms with Crippen molar-refractivity contribution in [3.63, 3.8) is 0 Å². The molecule has 6 nitrogen and oxygen atoms in total. The first-order valence-electron chi connectivity index (χ1n) is 10.9. The molecule has 7 heteroatoms. The third-order valence-electron chi connectivity index (χ3n) is 6.86. The summed E-state index contributed by atoms with van der Waals surface area (Å²) in [6.07, 6.45) is 11.1. The summed E-state index contributed by atoms with van der Waals surface area (Å²) < 4.78 is 22.7. The molecule has 0 radical (unpaired) electrons. The van der Waals surface area contributed by atoms with Crippen LogP contribution in [0.3, 0.4) is 0 Å². The number of nitrogens with two attached hydrogens (primary N) is 1. The highest BCUT2D eigenvalue weighted by molar-refractivity contribution is 7.89. The summed E-state index contributed by atoms with van der Waals surface area (Å²) in [5, 5.41) is 17.1. The Balaban J connectivity index is 1.44. The van der Waals surface area contributed by atoms with Crippen LogP contribution >= 0.6 is 0 Å². The number of sulfonamides is 1. The van der Waals surface area contributed by atoms with E-state index in [1.807, 2.05) is 0 Å². The van der Waals surface area contributed by atoms with Gasteiger partial charge in [-0.1, -0.05) is 18.9 Å². The number of aromatic amines is 1. The van der Waals surface area contributed by atoms with Gasteiger partial charge >= 0.3 is 0 Å². The molecule has 2 heterocycles. The van der Waals surface area contributed by atoms with E-state index < -0.39 is 15.6 Å². The Morgan fingerprint density at radius 2 is 2.03 bits per heavy atom. The Bertz CT molecular complexity index is 947. The Morgan fingerprint density at radius 3 is 2.79 bits per heavy atom. The Kier molecular flexibility index (Phi) is 6.02. The van der Waals surface area contributed by atoms with Crippen molar-refractivity contribution >= 4 is 20.9 Å². The lowest BCUT2D eigenvalue weighted by Crippen LogP contribution is -2.36. The number of hydrogen-bond donors (Lipinski definition) is 3. The van der Waals surface area contributed by atoms with Crippen molar-refractivity contribution in [1.82, 2.24) is 9.88 Å². The third kappa shape index (κ3) is 5.20. The van der Waals surface area contributed by atoms with Crippen LogP contribution in [-0.2, 0) is 22.9 Å². The van der Waals surface area contributed by atoms with Crippen LogP contribution in [0.1, 0.15) is 56.1 Å². The molecule has 1 aromatic carbocycles. The molecule has 1 saturated heterocycles. The summed E-state index contributed by atoms with van der Waals surface area (Å²) in [6, 6.07) is 6.93. The third-order valence-corrected chi connectivity index (χ3v) is 7.61. The number of benzene rings is 1. The lowest BCUT2D eigenvalue weighted by atomic mass is 9.92. The van der Waals surface area contributed by atoms with Crippen LogP contribution in [0.25, 0.3) is 10.9 Å². The molecule has 0 amide bonds. The van der Waals surface area contributed by atoms with Crippen LogP contribution in [-0.4, -0.2) is 53.9 Å². The fourth-order valence-electron chi connectivity index (χ4n) is 5.13. The number of aryl methyl sites for hydroxylation is 1. The molecular weight excluding hydrogens is 386 g/mol. The molecular formula is C22H33N3O3S. The van der Waals surface area contributed by atoms with Crippen molar-refractivity contribution in [2.24, 2.45) is 5.14 Å². The van der Waals surface area contributed by atoms with Gasteiger partial charge in [-0.3, -0.25) is 4.90 Å². The van der Waals surface area contributed by atoms with Crippen molar-refractivity contribution in [3.8, 4) is 0 Å². The number of H-pyrrole nitrogens is 1. The number of hydrogen-bond acceptors (Lipinski definition) is 4. The Morgan fingerprint density at radius 1 is 1.24 bits per heavy atom. The number of likely N-dealkylation sites (tertiary alicyclic amines) is 1. The molecule has 1 aromatic heterocycles. The second-order valence-electron chi connectivity index (χ2n) is 9.03. The average Bonchev–Trinajstić information content (AvgIpc) is 3.39. The van der Waals surface area contributed by atoms with Crippen LogP contribution in [0.5, 0.6) is 0 Å². The van der Waals surface area contributed by atoms with E-state index in [9.17, 15) is 13.5 Å². The summed E-state index contributed by atoms with van der Waals surface area (Å²) in [6.45, 7) is 1.45. The molecule has 1 aliphatic carbocycles. The minimum absolute atomic E-state index is 0.0183. The zero-order chi connectivity index (χ0) is 20.5.